The Balaban J connectivity index is 2.53. The van der Waals surface area contributed by atoms with Crippen molar-refractivity contribution in [3.8, 4) is 17.2 Å². The molecule has 2 heterocycles. The van der Waals surface area contributed by atoms with Gasteiger partial charge < -0.3 is 9.15 Å². The van der Waals surface area contributed by atoms with Gasteiger partial charge in [-0.15, -0.1) is 0 Å². The minimum atomic E-state index is 0.431. The highest BCUT2D eigenvalue weighted by Crippen LogP contribution is 2.34. The molecule has 2 aromatic heterocycles. The fraction of sp³-hybridized carbons (Fsp3) is 0.182. The second kappa shape index (κ2) is 4.36. The van der Waals surface area contributed by atoms with Gasteiger partial charge in [0.1, 0.15) is 5.76 Å². The molecule has 0 bridgehead atoms. The Labute approximate surface area is 103 Å². The lowest BCUT2D eigenvalue weighted by Crippen LogP contribution is -1.84. The molecule has 0 aliphatic heterocycles. The first-order valence-electron chi connectivity index (χ1n) is 4.57. The monoisotopic (exact) mass is 257 g/mol. The van der Waals surface area contributed by atoms with Gasteiger partial charge >= 0.3 is 0 Å². The van der Waals surface area contributed by atoms with Crippen LogP contribution < -0.4 is 4.74 Å². The molecule has 0 N–H and O–H groups in total. The van der Waals surface area contributed by atoms with Gasteiger partial charge in [-0.3, -0.25) is 4.98 Å². The van der Waals surface area contributed by atoms with Crippen LogP contribution >= 0.6 is 23.2 Å². The van der Waals surface area contributed by atoms with Crippen molar-refractivity contribution in [3.05, 3.63) is 34.1 Å². The molecule has 0 spiro atoms. The highest BCUT2D eigenvalue weighted by Gasteiger charge is 2.14. The van der Waals surface area contributed by atoms with Gasteiger partial charge in [0, 0.05) is 17.8 Å². The van der Waals surface area contributed by atoms with E-state index in [0.717, 1.165) is 5.56 Å². The van der Waals surface area contributed by atoms with Crippen molar-refractivity contribution in [2.45, 2.75) is 6.92 Å². The summed E-state index contributed by atoms with van der Waals surface area (Å²) in [6, 6.07) is 3.39. The summed E-state index contributed by atoms with van der Waals surface area (Å²) in [5.41, 5.74) is 1.44. The van der Waals surface area contributed by atoms with E-state index in [1.807, 2.05) is 6.92 Å². The molecule has 2 rings (SSSR count). The van der Waals surface area contributed by atoms with E-state index in [0.29, 0.717) is 27.4 Å². The van der Waals surface area contributed by atoms with Gasteiger partial charge in [-0.05, 0) is 13.0 Å². The van der Waals surface area contributed by atoms with Crippen LogP contribution in [-0.4, -0.2) is 12.1 Å². The molecule has 0 unspecified atom stereocenters. The predicted molar refractivity (Wildman–Crippen MR) is 63.2 cm³/mol. The Morgan fingerprint density at radius 3 is 2.62 bits per heavy atom. The molecular formula is C11H9Cl2NO2. The third-order valence-electron chi connectivity index (χ3n) is 2.16. The Bertz CT molecular complexity index is 523. The molecule has 0 amide bonds. The second-order valence-corrected chi connectivity index (χ2v) is 4.07. The number of aryl methyl sites for hydroxylation is 1. The molecule has 0 fully saturated rings. The smallest absolute Gasteiger partial charge is 0.284 e. The first-order valence-corrected chi connectivity index (χ1v) is 5.33. The number of hydrogen-bond acceptors (Lipinski definition) is 3. The lowest BCUT2D eigenvalue weighted by Gasteiger charge is -2.01. The summed E-state index contributed by atoms with van der Waals surface area (Å²) in [6.07, 6.45) is 1.54. The Hall–Kier alpha value is -1.19. The molecule has 0 aromatic carbocycles. The Morgan fingerprint density at radius 2 is 2.06 bits per heavy atom. The van der Waals surface area contributed by atoms with Crippen LogP contribution in [0.1, 0.15) is 5.76 Å². The van der Waals surface area contributed by atoms with E-state index in [-0.39, 0.29) is 0 Å². The summed E-state index contributed by atoms with van der Waals surface area (Å²) < 4.78 is 10.3. The van der Waals surface area contributed by atoms with Crippen LogP contribution in [0, 0.1) is 6.92 Å². The van der Waals surface area contributed by atoms with Crippen molar-refractivity contribution in [3.63, 3.8) is 0 Å². The van der Waals surface area contributed by atoms with Crippen LogP contribution in [0.5, 0.6) is 5.95 Å². The zero-order valence-corrected chi connectivity index (χ0v) is 10.3. The number of pyridine rings is 1. The van der Waals surface area contributed by atoms with Crippen LogP contribution in [0.3, 0.4) is 0 Å². The standard InChI is InChI=1S/C11H9Cl2NO2/c1-6-8(4-10(15-2)16-6)11-9(13)3-7(12)5-14-11/h3-5H,1-2H3. The molecule has 0 saturated heterocycles. The largest absolute Gasteiger partial charge is 0.468 e. The SMILES string of the molecule is COc1cc(-c2ncc(Cl)cc2Cl)c(C)o1. The highest BCUT2D eigenvalue weighted by molar-refractivity contribution is 6.36. The topological polar surface area (TPSA) is 35.3 Å². The number of ether oxygens (including phenoxy) is 1. The molecule has 3 nitrogen and oxygen atoms in total. The van der Waals surface area contributed by atoms with E-state index >= 15 is 0 Å². The number of methoxy groups -OCH3 is 1. The fourth-order valence-electron chi connectivity index (χ4n) is 1.40. The van der Waals surface area contributed by atoms with E-state index in [2.05, 4.69) is 4.98 Å². The molecule has 0 aliphatic carbocycles. The van der Waals surface area contributed by atoms with Gasteiger partial charge in [0.2, 0.25) is 0 Å². The maximum Gasteiger partial charge on any atom is 0.284 e. The molecule has 0 radical (unpaired) electrons. The molecule has 0 saturated carbocycles. The van der Waals surface area contributed by atoms with Crippen molar-refractivity contribution in [1.82, 2.24) is 4.98 Å². The maximum atomic E-state index is 6.06. The normalized spacial score (nSPS) is 10.5. The van der Waals surface area contributed by atoms with Crippen LogP contribution in [0.25, 0.3) is 11.3 Å². The fourth-order valence-corrected chi connectivity index (χ4v) is 1.89. The predicted octanol–water partition coefficient (Wildman–Crippen LogP) is 3.97. The molecule has 2 aromatic rings. The van der Waals surface area contributed by atoms with Crippen LogP contribution in [0.15, 0.2) is 22.7 Å². The first kappa shape index (κ1) is 11.3. The second-order valence-electron chi connectivity index (χ2n) is 3.22. The lowest BCUT2D eigenvalue weighted by molar-refractivity contribution is 0.298. The number of halogens is 2. The third-order valence-corrected chi connectivity index (χ3v) is 2.65. The Kier molecular flexibility index (Phi) is 3.08. The molecule has 16 heavy (non-hydrogen) atoms. The average Bonchev–Trinajstić information content (AvgIpc) is 2.60. The number of furan rings is 1. The zero-order chi connectivity index (χ0) is 11.7. The van der Waals surface area contributed by atoms with Crippen molar-refractivity contribution < 1.29 is 9.15 Å². The van der Waals surface area contributed by atoms with Crippen molar-refractivity contribution in [1.29, 1.82) is 0 Å². The molecule has 0 atom stereocenters. The number of aromatic nitrogens is 1. The summed E-state index contributed by atoms with van der Waals surface area (Å²) in [6.45, 7) is 1.82. The molecule has 84 valence electrons. The summed E-state index contributed by atoms with van der Waals surface area (Å²) in [7, 11) is 1.54. The van der Waals surface area contributed by atoms with Gasteiger partial charge in [-0.25, -0.2) is 0 Å². The van der Waals surface area contributed by atoms with Crippen LogP contribution in [-0.2, 0) is 0 Å². The summed E-state index contributed by atoms with van der Waals surface area (Å²) in [4.78, 5) is 4.18. The van der Waals surface area contributed by atoms with E-state index < -0.39 is 0 Å². The van der Waals surface area contributed by atoms with Crippen molar-refractivity contribution in [2.75, 3.05) is 7.11 Å². The number of hydrogen-bond donors (Lipinski definition) is 0. The van der Waals surface area contributed by atoms with Gasteiger partial charge in [0.25, 0.3) is 5.95 Å². The van der Waals surface area contributed by atoms with Gasteiger partial charge in [0.05, 0.1) is 22.8 Å². The summed E-state index contributed by atoms with van der Waals surface area (Å²) in [5, 5.41) is 0.987. The van der Waals surface area contributed by atoms with Gasteiger partial charge in [-0.2, -0.15) is 0 Å². The molecule has 5 heteroatoms. The lowest BCUT2D eigenvalue weighted by atomic mass is 10.2. The van der Waals surface area contributed by atoms with Crippen LogP contribution in [0.4, 0.5) is 0 Å². The zero-order valence-electron chi connectivity index (χ0n) is 8.75. The minimum absolute atomic E-state index is 0.431. The number of nitrogens with zero attached hydrogens (tertiary/aromatic N) is 1. The van der Waals surface area contributed by atoms with E-state index in [9.17, 15) is 0 Å². The van der Waals surface area contributed by atoms with E-state index in [1.54, 1.807) is 25.4 Å². The highest BCUT2D eigenvalue weighted by atomic mass is 35.5. The minimum Gasteiger partial charge on any atom is -0.468 e. The van der Waals surface area contributed by atoms with Gasteiger partial charge in [0.15, 0.2) is 0 Å². The van der Waals surface area contributed by atoms with E-state index in [4.69, 9.17) is 32.4 Å². The summed E-state index contributed by atoms with van der Waals surface area (Å²) in [5.74, 6) is 1.13. The van der Waals surface area contributed by atoms with Crippen molar-refractivity contribution in [2.24, 2.45) is 0 Å². The molecular weight excluding hydrogens is 249 g/mol. The third kappa shape index (κ3) is 2.01. The Morgan fingerprint density at radius 1 is 1.31 bits per heavy atom. The average molecular weight is 258 g/mol. The van der Waals surface area contributed by atoms with Gasteiger partial charge in [-0.1, -0.05) is 23.2 Å². The van der Waals surface area contributed by atoms with Crippen molar-refractivity contribution >= 4 is 23.2 Å². The first-order chi connectivity index (χ1) is 7.61. The molecule has 0 aliphatic rings. The van der Waals surface area contributed by atoms with Crippen LogP contribution in [0.2, 0.25) is 10.0 Å². The number of rotatable bonds is 2. The summed E-state index contributed by atoms with van der Waals surface area (Å²) >= 11 is 11.8. The maximum absolute atomic E-state index is 6.06. The van der Waals surface area contributed by atoms with E-state index in [1.165, 1.54) is 0 Å². The quantitative estimate of drug-likeness (QED) is 0.817.